The zero-order valence-corrected chi connectivity index (χ0v) is 10.1. The molecule has 0 aromatic heterocycles. The minimum atomic E-state index is -0.826. The van der Waals surface area contributed by atoms with E-state index in [0.29, 0.717) is 24.7 Å². The molecule has 2 saturated heterocycles. The Bertz CT molecular complexity index is 354. The summed E-state index contributed by atoms with van der Waals surface area (Å²) >= 11 is 1.51. The number of likely N-dealkylation sites (tertiary alicyclic amines) is 1. The van der Waals surface area contributed by atoms with Gasteiger partial charge in [0.1, 0.15) is 6.54 Å². The van der Waals surface area contributed by atoms with E-state index in [4.69, 9.17) is 5.11 Å². The molecule has 2 heterocycles. The number of carbonyl (C=O) groups excluding carboxylic acids is 2. The van der Waals surface area contributed by atoms with Gasteiger partial charge < -0.3 is 14.9 Å². The van der Waals surface area contributed by atoms with E-state index in [0.717, 1.165) is 0 Å². The highest BCUT2D eigenvalue weighted by Crippen LogP contribution is 2.20. The molecule has 6 nitrogen and oxygen atoms in total. The Morgan fingerprint density at radius 3 is 2.65 bits per heavy atom. The molecule has 2 aliphatic heterocycles. The van der Waals surface area contributed by atoms with E-state index in [1.165, 1.54) is 16.7 Å². The lowest BCUT2D eigenvalue weighted by atomic mass is 9.96. The average Bonchev–Trinajstić information content (AvgIpc) is 2.57. The molecule has 0 atom stereocenters. The van der Waals surface area contributed by atoms with Crippen molar-refractivity contribution in [2.75, 3.05) is 31.3 Å². The molecular weight excluding hydrogens is 244 g/mol. The standard InChI is InChI=1S/C10H14N2O4S/c13-8(4-12-6-17-5-9(12)14)11-2-7(3-11)1-10(15)16/h7H,1-6H2,(H,15,16). The summed E-state index contributed by atoms with van der Waals surface area (Å²) in [6.45, 7) is 1.13. The van der Waals surface area contributed by atoms with Crippen LogP contribution < -0.4 is 0 Å². The summed E-state index contributed by atoms with van der Waals surface area (Å²) in [5, 5.41) is 8.58. The zero-order chi connectivity index (χ0) is 12.4. The number of hydrogen-bond acceptors (Lipinski definition) is 4. The van der Waals surface area contributed by atoms with Crippen LogP contribution >= 0.6 is 11.8 Å². The van der Waals surface area contributed by atoms with E-state index in [1.807, 2.05) is 0 Å². The molecule has 0 bridgehead atoms. The van der Waals surface area contributed by atoms with Crippen LogP contribution in [0.25, 0.3) is 0 Å². The first-order chi connectivity index (χ1) is 8.06. The smallest absolute Gasteiger partial charge is 0.303 e. The maximum Gasteiger partial charge on any atom is 0.303 e. The van der Waals surface area contributed by atoms with Gasteiger partial charge in [-0.2, -0.15) is 0 Å². The first-order valence-corrected chi connectivity index (χ1v) is 6.57. The first-order valence-electron chi connectivity index (χ1n) is 5.41. The zero-order valence-electron chi connectivity index (χ0n) is 9.29. The lowest BCUT2D eigenvalue weighted by molar-refractivity contribution is -0.146. The summed E-state index contributed by atoms with van der Waals surface area (Å²) in [6, 6.07) is 0. The Hall–Kier alpha value is -1.24. The minimum Gasteiger partial charge on any atom is -0.481 e. The monoisotopic (exact) mass is 258 g/mol. The van der Waals surface area contributed by atoms with Gasteiger partial charge in [-0.1, -0.05) is 0 Å². The van der Waals surface area contributed by atoms with Crippen molar-refractivity contribution in [2.24, 2.45) is 5.92 Å². The summed E-state index contributed by atoms with van der Waals surface area (Å²) in [5.74, 6) is 0.202. The number of rotatable bonds is 4. The Morgan fingerprint density at radius 2 is 2.12 bits per heavy atom. The van der Waals surface area contributed by atoms with Gasteiger partial charge in [-0.3, -0.25) is 14.4 Å². The van der Waals surface area contributed by atoms with Crippen LogP contribution in [0.1, 0.15) is 6.42 Å². The fourth-order valence-corrected chi connectivity index (χ4v) is 2.86. The molecule has 2 rings (SSSR count). The van der Waals surface area contributed by atoms with Crippen molar-refractivity contribution in [3.8, 4) is 0 Å². The number of thioether (sulfide) groups is 1. The number of carboxylic acid groups (broad SMARTS) is 1. The largest absolute Gasteiger partial charge is 0.481 e. The molecule has 0 spiro atoms. The van der Waals surface area contributed by atoms with Crippen molar-refractivity contribution in [2.45, 2.75) is 6.42 Å². The van der Waals surface area contributed by atoms with E-state index >= 15 is 0 Å². The topological polar surface area (TPSA) is 77.9 Å². The predicted octanol–water partition coefficient (Wildman–Crippen LogP) is -0.548. The number of amides is 2. The predicted molar refractivity (Wildman–Crippen MR) is 61.4 cm³/mol. The quantitative estimate of drug-likeness (QED) is 0.732. The van der Waals surface area contributed by atoms with E-state index in [-0.39, 0.29) is 30.7 Å². The highest BCUT2D eigenvalue weighted by molar-refractivity contribution is 8.00. The van der Waals surface area contributed by atoms with Gasteiger partial charge in [-0.25, -0.2) is 0 Å². The summed E-state index contributed by atoms with van der Waals surface area (Å²) in [7, 11) is 0. The van der Waals surface area contributed by atoms with Crippen LogP contribution in [0.15, 0.2) is 0 Å². The normalized spacial score (nSPS) is 20.6. The van der Waals surface area contributed by atoms with Crippen LogP contribution in [0.4, 0.5) is 0 Å². The van der Waals surface area contributed by atoms with Gasteiger partial charge >= 0.3 is 5.97 Å². The molecule has 0 aromatic rings. The van der Waals surface area contributed by atoms with Crippen LogP contribution in [0.3, 0.4) is 0 Å². The van der Waals surface area contributed by atoms with E-state index in [2.05, 4.69) is 0 Å². The molecule has 17 heavy (non-hydrogen) atoms. The minimum absolute atomic E-state index is 0.00552. The molecule has 2 amide bonds. The molecule has 2 aliphatic rings. The van der Waals surface area contributed by atoms with Crippen molar-refractivity contribution in [3.63, 3.8) is 0 Å². The summed E-state index contributed by atoms with van der Waals surface area (Å²) in [4.78, 5) is 36.6. The second kappa shape index (κ2) is 4.95. The van der Waals surface area contributed by atoms with Gasteiger partial charge in [0.2, 0.25) is 11.8 Å². The van der Waals surface area contributed by atoms with E-state index < -0.39 is 5.97 Å². The second-order valence-corrected chi connectivity index (χ2v) is 5.29. The molecule has 0 unspecified atom stereocenters. The van der Waals surface area contributed by atoms with Gasteiger partial charge in [0.15, 0.2) is 0 Å². The van der Waals surface area contributed by atoms with Gasteiger partial charge in [0.05, 0.1) is 18.1 Å². The number of aliphatic carboxylic acids is 1. The lowest BCUT2D eigenvalue weighted by Crippen LogP contribution is -2.53. The van der Waals surface area contributed by atoms with Crippen LogP contribution in [0.5, 0.6) is 0 Å². The molecule has 7 heteroatoms. The van der Waals surface area contributed by atoms with Crippen LogP contribution in [0.2, 0.25) is 0 Å². The van der Waals surface area contributed by atoms with Crippen LogP contribution in [0, 0.1) is 5.92 Å². The summed E-state index contributed by atoms with van der Waals surface area (Å²) < 4.78 is 0. The van der Waals surface area contributed by atoms with Gasteiger partial charge in [-0.15, -0.1) is 11.8 Å². The summed E-state index contributed by atoms with van der Waals surface area (Å²) in [5.41, 5.74) is 0. The fourth-order valence-electron chi connectivity index (χ4n) is 1.95. The van der Waals surface area contributed by atoms with E-state index in [1.54, 1.807) is 4.90 Å². The Morgan fingerprint density at radius 1 is 1.41 bits per heavy atom. The Balaban J connectivity index is 1.72. The van der Waals surface area contributed by atoms with Crippen molar-refractivity contribution >= 4 is 29.5 Å². The van der Waals surface area contributed by atoms with Crippen LogP contribution in [-0.4, -0.2) is 64.0 Å². The molecule has 0 aromatic carbocycles. The molecule has 0 saturated carbocycles. The highest BCUT2D eigenvalue weighted by Gasteiger charge is 2.33. The summed E-state index contributed by atoms with van der Waals surface area (Å²) in [6.07, 6.45) is 0.113. The van der Waals surface area contributed by atoms with Gasteiger partial charge in [0.25, 0.3) is 0 Å². The molecule has 1 N–H and O–H groups in total. The first kappa shape index (κ1) is 12.2. The maximum absolute atomic E-state index is 11.7. The third kappa shape index (κ3) is 2.91. The Labute approximate surface area is 103 Å². The molecule has 0 radical (unpaired) electrons. The number of carbonyl (C=O) groups is 3. The average molecular weight is 258 g/mol. The van der Waals surface area contributed by atoms with E-state index in [9.17, 15) is 14.4 Å². The Kier molecular flexibility index (Phi) is 3.56. The van der Waals surface area contributed by atoms with Crippen molar-refractivity contribution in [3.05, 3.63) is 0 Å². The maximum atomic E-state index is 11.7. The van der Waals surface area contributed by atoms with Gasteiger partial charge in [-0.05, 0) is 0 Å². The molecule has 0 aliphatic carbocycles. The molecule has 94 valence electrons. The highest BCUT2D eigenvalue weighted by atomic mass is 32.2. The van der Waals surface area contributed by atoms with Crippen LogP contribution in [-0.2, 0) is 14.4 Å². The van der Waals surface area contributed by atoms with Gasteiger partial charge in [0, 0.05) is 19.0 Å². The third-order valence-corrected chi connectivity index (χ3v) is 3.87. The molecule has 2 fully saturated rings. The SMILES string of the molecule is O=C(O)CC1CN(C(=O)CN2CSCC2=O)C1. The second-order valence-electron chi connectivity index (χ2n) is 4.33. The van der Waals surface area contributed by atoms with Crippen molar-refractivity contribution in [1.29, 1.82) is 0 Å². The van der Waals surface area contributed by atoms with Crippen molar-refractivity contribution < 1.29 is 19.5 Å². The number of nitrogens with zero attached hydrogens (tertiary/aromatic N) is 2. The third-order valence-electron chi connectivity index (χ3n) is 2.92. The number of carboxylic acids is 1. The lowest BCUT2D eigenvalue weighted by Gasteiger charge is -2.39. The molecular formula is C10H14N2O4S. The number of hydrogen-bond donors (Lipinski definition) is 1. The van der Waals surface area contributed by atoms with Crippen molar-refractivity contribution in [1.82, 2.24) is 9.80 Å². The fraction of sp³-hybridized carbons (Fsp3) is 0.700.